The Hall–Kier alpha value is -2.45. The number of pyridine rings is 1. The van der Waals surface area contributed by atoms with Gasteiger partial charge in [0.05, 0.1) is 6.54 Å². The van der Waals surface area contributed by atoms with Gasteiger partial charge in [-0.1, -0.05) is 30.3 Å². The third-order valence-corrected chi connectivity index (χ3v) is 7.62. The zero-order chi connectivity index (χ0) is 20.3. The number of nitrogens with one attached hydrogen (secondary N) is 2. The molecule has 0 saturated carbocycles. The Bertz CT molecular complexity index is 940. The zero-order valence-electron chi connectivity index (χ0n) is 16.4. The van der Waals surface area contributed by atoms with E-state index in [1.54, 1.807) is 16.4 Å². The highest BCUT2D eigenvalue weighted by molar-refractivity contribution is 7.89. The van der Waals surface area contributed by atoms with Crippen LogP contribution >= 0.6 is 0 Å². The number of rotatable bonds is 5. The van der Waals surface area contributed by atoms with Gasteiger partial charge in [-0.05, 0) is 36.8 Å². The summed E-state index contributed by atoms with van der Waals surface area (Å²) in [5.41, 5.74) is 1.31. The molecule has 1 aromatic heterocycles. The summed E-state index contributed by atoms with van der Waals surface area (Å²) in [5.74, 6) is 1.24. The normalized spacial score (nSPS) is 19.2. The Morgan fingerprint density at radius 2 is 1.79 bits per heavy atom. The molecule has 0 atom stereocenters. The molecule has 0 unspecified atom stereocenters. The molecule has 7 nitrogen and oxygen atoms in total. The van der Waals surface area contributed by atoms with E-state index >= 15 is 0 Å². The van der Waals surface area contributed by atoms with E-state index in [1.165, 1.54) is 11.8 Å². The molecule has 154 valence electrons. The number of piperazine rings is 1. The van der Waals surface area contributed by atoms with Gasteiger partial charge in [0.2, 0.25) is 10.0 Å². The van der Waals surface area contributed by atoms with Crippen LogP contribution in [0.25, 0.3) is 0 Å². The van der Waals surface area contributed by atoms with Crippen molar-refractivity contribution in [2.24, 2.45) is 5.92 Å². The van der Waals surface area contributed by atoms with E-state index < -0.39 is 10.0 Å². The van der Waals surface area contributed by atoms with Crippen molar-refractivity contribution >= 4 is 21.7 Å². The third-order valence-electron chi connectivity index (χ3n) is 5.73. The minimum Gasteiger partial charge on any atom is -0.349 e. The maximum absolute atomic E-state index is 13.0. The lowest BCUT2D eigenvalue weighted by molar-refractivity contribution is -0.367. The SMILES string of the molecule is O=C1CN(c2ccc(S(=O)(=O)N3CCC(Cc4ccccc4)CC3)c[nH+]2)CCN1. The fourth-order valence-corrected chi connectivity index (χ4v) is 5.49. The summed E-state index contributed by atoms with van der Waals surface area (Å²) in [7, 11) is -3.51. The summed E-state index contributed by atoms with van der Waals surface area (Å²) in [6, 6.07) is 13.7. The predicted molar refractivity (Wildman–Crippen MR) is 110 cm³/mol. The molecular weight excluding hydrogens is 388 g/mol. The van der Waals surface area contributed by atoms with Crippen molar-refractivity contribution < 1.29 is 18.2 Å². The summed E-state index contributed by atoms with van der Waals surface area (Å²) in [5, 5.41) is 2.78. The number of hydrogen-bond acceptors (Lipinski definition) is 4. The first-order valence-corrected chi connectivity index (χ1v) is 11.5. The molecule has 8 heteroatoms. The molecule has 0 spiro atoms. The van der Waals surface area contributed by atoms with Gasteiger partial charge in [0.25, 0.3) is 11.7 Å². The highest BCUT2D eigenvalue weighted by atomic mass is 32.2. The molecule has 2 saturated heterocycles. The lowest BCUT2D eigenvalue weighted by atomic mass is 9.91. The first-order valence-electron chi connectivity index (χ1n) is 10.1. The number of piperidine rings is 1. The number of nitrogens with zero attached hydrogens (tertiary/aromatic N) is 2. The van der Waals surface area contributed by atoms with Gasteiger partial charge in [0.15, 0.2) is 6.54 Å². The summed E-state index contributed by atoms with van der Waals surface area (Å²) in [6.45, 7) is 2.66. The molecule has 2 N–H and O–H groups in total. The molecule has 1 aromatic carbocycles. The number of aromatic amines is 1. The van der Waals surface area contributed by atoms with Crippen LogP contribution in [0.5, 0.6) is 0 Å². The van der Waals surface area contributed by atoms with Gasteiger partial charge in [-0.25, -0.2) is 13.4 Å². The number of amides is 1. The van der Waals surface area contributed by atoms with Gasteiger partial charge in [-0.15, -0.1) is 0 Å². The molecule has 29 heavy (non-hydrogen) atoms. The van der Waals surface area contributed by atoms with E-state index in [1.807, 2.05) is 23.1 Å². The second-order valence-electron chi connectivity index (χ2n) is 7.72. The molecule has 2 aliphatic heterocycles. The van der Waals surface area contributed by atoms with Gasteiger partial charge in [0, 0.05) is 19.2 Å². The van der Waals surface area contributed by atoms with Crippen LogP contribution in [0.15, 0.2) is 53.6 Å². The van der Waals surface area contributed by atoms with Crippen molar-refractivity contribution in [1.29, 1.82) is 0 Å². The molecular formula is C21H27N4O3S+. The standard InChI is InChI=1S/C21H26N4O3S/c26-21-16-24(13-10-22-21)20-7-6-19(15-23-20)29(27,28)25-11-8-18(9-12-25)14-17-4-2-1-3-5-17/h1-7,15,18H,8-14,16H2,(H,22,26)/p+1. The molecule has 2 aliphatic rings. The van der Waals surface area contributed by atoms with Crippen LogP contribution in [-0.4, -0.2) is 51.4 Å². The Morgan fingerprint density at radius 1 is 1.03 bits per heavy atom. The quantitative estimate of drug-likeness (QED) is 0.792. The minimum atomic E-state index is -3.51. The number of hydrogen-bond donors (Lipinski definition) is 1. The van der Waals surface area contributed by atoms with E-state index in [0.29, 0.717) is 32.1 Å². The molecule has 0 bridgehead atoms. The van der Waals surface area contributed by atoms with Gasteiger partial charge < -0.3 is 5.32 Å². The number of carbonyl (C=O) groups excluding carboxylic acids is 1. The van der Waals surface area contributed by atoms with Crippen LogP contribution in [0.1, 0.15) is 18.4 Å². The smallest absolute Gasteiger partial charge is 0.274 e. The van der Waals surface area contributed by atoms with Crippen molar-refractivity contribution in [3.8, 4) is 0 Å². The summed E-state index contributed by atoms with van der Waals surface area (Å²) < 4.78 is 27.6. The van der Waals surface area contributed by atoms with Gasteiger partial charge in [-0.3, -0.25) is 9.69 Å². The second kappa shape index (κ2) is 8.51. The highest BCUT2D eigenvalue weighted by Crippen LogP contribution is 2.26. The topological polar surface area (TPSA) is 83.9 Å². The minimum absolute atomic E-state index is 0.0280. The summed E-state index contributed by atoms with van der Waals surface area (Å²) in [6.07, 6.45) is 4.28. The Morgan fingerprint density at radius 3 is 2.45 bits per heavy atom. The maximum atomic E-state index is 13.0. The Labute approximate surface area is 171 Å². The average molecular weight is 416 g/mol. The highest BCUT2D eigenvalue weighted by Gasteiger charge is 2.31. The van der Waals surface area contributed by atoms with Crippen molar-refractivity contribution in [3.05, 3.63) is 54.2 Å². The van der Waals surface area contributed by atoms with E-state index in [-0.39, 0.29) is 17.3 Å². The Kier molecular flexibility index (Phi) is 5.82. The monoisotopic (exact) mass is 415 g/mol. The molecule has 1 amide bonds. The number of sulfonamides is 1. The van der Waals surface area contributed by atoms with Crippen LogP contribution in [0, 0.1) is 5.92 Å². The molecule has 2 fully saturated rings. The Balaban J connectivity index is 1.38. The third kappa shape index (κ3) is 4.59. The molecule has 3 heterocycles. The lowest BCUT2D eigenvalue weighted by Gasteiger charge is -2.31. The number of aromatic nitrogens is 1. The van der Waals surface area contributed by atoms with Gasteiger partial charge >= 0.3 is 0 Å². The fourth-order valence-electron chi connectivity index (χ4n) is 4.05. The van der Waals surface area contributed by atoms with Crippen LogP contribution in [0.2, 0.25) is 0 Å². The first kappa shape index (κ1) is 19.8. The fraction of sp³-hybridized carbons (Fsp3) is 0.429. The molecule has 4 rings (SSSR count). The van der Waals surface area contributed by atoms with E-state index in [4.69, 9.17) is 0 Å². The molecule has 0 aliphatic carbocycles. The van der Waals surface area contributed by atoms with Crippen LogP contribution in [-0.2, 0) is 21.2 Å². The lowest BCUT2D eigenvalue weighted by Crippen LogP contribution is -2.49. The van der Waals surface area contributed by atoms with Crippen molar-refractivity contribution in [1.82, 2.24) is 9.62 Å². The van der Waals surface area contributed by atoms with Crippen molar-refractivity contribution in [2.75, 3.05) is 37.6 Å². The first-order chi connectivity index (χ1) is 14.0. The molecule has 0 radical (unpaired) electrons. The van der Waals surface area contributed by atoms with Crippen LogP contribution in [0.3, 0.4) is 0 Å². The summed E-state index contributed by atoms with van der Waals surface area (Å²) >= 11 is 0. The van der Waals surface area contributed by atoms with Crippen molar-refractivity contribution in [2.45, 2.75) is 24.2 Å². The predicted octanol–water partition coefficient (Wildman–Crippen LogP) is 1.08. The second-order valence-corrected chi connectivity index (χ2v) is 9.66. The van der Waals surface area contributed by atoms with Crippen LogP contribution < -0.4 is 15.2 Å². The maximum Gasteiger partial charge on any atom is 0.274 e. The molecule has 2 aromatic rings. The van der Waals surface area contributed by atoms with E-state index in [0.717, 1.165) is 25.1 Å². The number of benzene rings is 1. The number of carbonyl (C=O) groups is 1. The van der Waals surface area contributed by atoms with E-state index in [9.17, 15) is 13.2 Å². The van der Waals surface area contributed by atoms with Crippen LogP contribution in [0.4, 0.5) is 5.82 Å². The summed E-state index contributed by atoms with van der Waals surface area (Å²) in [4.78, 5) is 16.8. The zero-order valence-corrected chi connectivity index (χ0v) is 17.2. The van der Waals surface area contributed by atoms with E-state index in [2.05, 4.69) is 22.4 Å². The number of anilines is 1. The largest absolute Gasteiger partial charge is 0.349 e. The van der Waals surface area contributed by atoms with Crippen molar-refractivity contribution in [3.63, 3.8) is 0 Å². The van der Waals surface area contributed by atoms with Gasteiger partial charge in [0.1, 0.15) is 17.6 Å². The average Bonchev–Trinajstić information content (AvgIpc) is 2.75. The van der Waals surface area contributed by atoms with Gasteiger partial charge in [-0.2, -0.15) is 4.31 Å². The number of H-pyrrole nitrogens is 1.